The number of carboxylic acids is 1. The van der Waals surface area contributed by atoms with Gasteiger partial charge in [-0.15, -0.1) is 0 Å². The number of benzene rings is 1. The molecule has 1 heterocycles. The maximum Gasteiger partial charge on any atom is 0.372 e. The number of nitrogens with two attached hydrogens (primary N) is 1. The highest BCUT2D eigenvalue weighted by Gasteiger charge is 2.14. The third kappa shape index (κ3) is 4.01. The van der Waals surface area contributed by atoms with E-state index in [9.17, 15) is 9.59 Å². The Kier molecular flexibility index (Phi) is 5.02. The van der Waals surface area contributed by atoms with E-state index in [1.54, 1.807) is 43.3 Å². The predicted molar refractivity (Wildman–Crippen MR) is 84.0 cm³/mol. The minimum atomic E-state index is -1.13. The fourth-order valence-corrected chi connectivity index (χ4v) is 1.97. The van der Waals surface area contributed by atoms with Crippen molar-refractivity contribution in [2.24, 2.45) is 5.73 Å². The van der Waals surface area contributed by atoms with Crippen molar-refractivity contribution in [2.45, 2.75) is 13.5 Å². The number of furan rings is 1. The summed E-state index contributed by atoms with van der Waals surface area (Å²) in [6.07, 6.45) is 1.38. The van der Waals surface area contributed by atoms with Crippen LogP contribution in [-0.4, -0.2) is 17.0 Å². The molecule has 0 aliphatic heterocycles. The van der Waals surface area contributed by atoms with E-state index in [0.29, 0.717) is 22.6 Å². The molecule has 122 valence electrons. The Morgan fingerprint density at radius 2 is 2.04 bits per heavy atom. The zero-order valence-electron chi connectivity index (χ0n) is 12.8. The molecule has 0 saturated carbocycles. The van der Waals surface area contributed by atoms with E-state index in [1.165, 1.54) is 6.08 Å². The molecule has 0 radical (unpaired) electrons. The lowest BCUT2D eigenvalue weighted by molar-refractivity contribution is -0.114. The monoisotopic (exact) mass is 326 g/mol. The van der Waals surface area contributed by atoms with E-state index in [-0.39, 0.29) is 17.9 Å². The Bertz CT molecular complexity index is 841. The van der Waals surface area contributed by atoms with Crippen LogP contribution in [0.5, 0.6) is 5.75 Å². The van der Waals surface area contributed by atoms with E-state index in [4.69, 9.17) is 25.3 Å². The normalized spacial score (nSPS) is 10.9. The van der Waals surface area contributed by atoms with E-state index >= 15 is 0 Å². The molecule has 7 heteroatoms. The molecule has 0 aliphatic carbocycles. The molecule has 0 atom stereocenters. The zero-order chi connectivity index (χ0) is 17.7. The number of primary amides is 1. The molecule has 2 rings (SSSR count). The second-order valence-electron chi connectivity index (χ2n) is 4.92. The molecule has 7 nitrogen and oxygen atoms in total. The van der Waals surface area contributed by atoms with E-state index in [0.717, 1.165) is 0 Å². The van der Waals surface area contributed by atoms with Gasteiger partial charge in [-0.3, -0.25) is 4.79 Å². The highest BCUT2D eigenvalue weighted by atomic mass is 16.5. The molecule has 0 fully saturated rings. The summed E-state index contributed by atoms with van der Waals surface area (Å²) in [5.74, 6) is -1.10. The number of nitrogens with zero attached hydrogens (tertiary/aromatic N) is 1. The maximum atomic E-state index is 11.0. The molecule has 0 aliphatic rings. The van der Waals surface area contributed by atoms with Crippen LogP contribution >= 0.6 is 0 Å². The lowest BCUT2D eigenvalue weighted by atomic mass is 10.1. The van der Waals surface area contributed by atoms with Crippen molar-refractivity contribution in [1.29, 1.82) is 5.26 Å². The van der Waals surface area contributed by atoms with Gasteiger partial charge in [-0.25, -0.2) is 4.79 Å². The van der Waals surface area contributed by atoms with Gasteiger partial charge in [0.05, 0.1) is 0 Å². The van der Waals surface area contributed by atoms with Gasteiger partial charge in [0, 0.05) is 5.56 Å². The van der Waals surface area contributed by atoms with Gasteiger partial charge in [0.1, 0.15) is 29.8 Å². The summed E-state index contributed by atoms with van der Waals surface area (Å²) in [7, 11) is 0. The molecule has 1 amide bonds. The maximum absolute atomic E-state index is 11.0. The topological polar surface area (TPSA) is 127 Å². The van der Waals surface area contributed by atoms with Crippen molar-refractivity contribution in [3.05, 3.63) is 58.6 Å². The van der Waals surface area contributed by atoms with Gasteiger partial charge < -0.3 is 20.0 Å². The zero-order valence-corrected chi connectivity index (χ0v) is 12.8. The van der Waals surface area contributed by atoms with Crippen LogP contribution in [0.4, 0.5) is 0 Å². The average molecular weight is 326 g/mol. The van der Waals surface area contributed by atoms with Crippen molar-refractivity contribution >= 4 is 18.0 Å². The Morgan fingerprint density at radius 3 is 2.54 bits per heavy atom. The third-order valence-corrected chi connectivity index (χ3v) is 3.12. The van der Waals surface area contributed by atoms with Crippen molar-refractivity contribution in [3.63, 3.8) is 0 Å². The minimum absolute atomic E-state index is 0.0774. The van der Waals surface area contributed by atoms with E-state index in [2.05, 4.69) is 0 Å². The summed E-state index contributed by atoms with van der Waals surface area (Å²) in [5, 5.41) is 17.7. The number of hydrogen-bond acceptors (Lipinski definition) is 5. The fraction of sp³-hybridized carbons (Fsp3) is 0.118. The first kappa shape index (κ1) is 16.8. The number of rotatable bonds is 6. The number of aryl methyl sites for hydroxylation is 1. The van der Waals surface area contributed by atoms with Crippen molar-refractivity contribution in [1.82, 2.24) is 0 Å². The number of amides is 1. The number of carboxylic acid groups (broad SMARTS) is 1. The number of carbonyl (C=O) groups excluding carboxylic acids is 1. The van der Waals surface area contributed by atoms with E-state index < -0.39 is 11.9 Å². The van der Waals surface area contributed by atoms with Crippen LogP contribution in [0.2, 0.25) is 0 Å². The molecule has 0 unspecified atom stereocenters. The average Bonchev–Trinajstić information content (AvgIpc) is 2.92. The van der Waals surface area contributed by atoms with Gasteiger partial charge in [0.25, 0.3) is 5.91 Å². The van der Waals surface area contributed by atoms with Crippen molar-refractivity contribution in [2.75, 3.05) is 0 Å². The molecule has 3 N–H and O–H groups in total. The van der Waals surface area contributed by atoms with Crippen LogP contribution in [0.15, 0.2) is 40.3 Å². The van der Waals surface area contributed by atoms with Crippen LogP contribution in [0.25, 0.3) is 6.08 Å². The highest BCUT2D eigenvalue weighted by Crippen LogP contribution is 2.19. The molecule has 1 aromatic carbocycles. The molecular formula is C17H14N2O5. The first-order chi connectivity index (χ1) is 11.4. The number of nitriles is 1. The Morgan fingerprint density at radius 1 is 1.38 bits per heavy atom. The number of hydrogen-bond donors (Lipinski definition) is 2. The lowest BCUT2D eigenvalue weighted by Crippen LogP contribution is -2.12. The van der Waals surface area contributed by atoms with Crippen LogP contribution in [-0.2, 0) is 11.4 Å². The molecular weight excluding hydrogens is 312 g/mol. The van der Waals surface area contributed by atoms with Gasteiger partial charge in [0.15, 0.2) is 0 Å². The fourth-order valence-electron chi connectivity index (χ4n) is 1.97. The first-order valence-electron chi connectivity index (χ1n) is 6.87. The SMILES string of the molecule is Cc1cc(COc2ccc(/C=C(/C#N)C(N)=O)cc2)oc1C(=O)O. The second kappa shape index (κ2) is 7.15. The molecule has 0 spiro atoms. The molecule has 0 bridgehead atoms. The minimum Gasteiger partial charge on any atom is -0.486 e. The lowest BCUT2D eigenvalue weighted by Gasteiger charge is -2.04. The quantitative estimate of drug-likeness (QED) is 0.619. The first-order valence-corrected chi connectivity index (χ1v) is 6.87. The standard InChI is InChI=1S/C17H14N2O5/c1-10-6-14(24-15(10)17(21)22)9-23-13-4-2-11(3-5-13)7-12(8-18)16(19)20/h2-7H,9H2,1H3,(H2,19,20)(H,21,22)/b12-7-. The summed E-state index contributed by atoms with van der Waals surface area (Å²) in [5.41, 5.74) is 6.07. The summed E-state index contributed by atoms with van der Waals surface area (Å²) >= 11 is 0. The molecule has 24 heavy (non-hydrogen) atoms. The van der Waals surface area contributed by atoms with Crippen LogP contribution < -0.4 is 10.5 Å². The number of carbonyl (C=O) groups is 2. The van der Waals surface area contributed by atoms with Crippen molar-refractivity contribution < 1.29 is 23.8 Å². The van der Waals surface area contributed by atoms with Crippen LogP contribution in [0, 0.1) is 18.3 Å². The van der Waals surface area contributed by atoms with Crippen molar-refractivity contribution in [3.8, 4) is 11.8 Å². The molecule has 2 aromatic rings. The van der Waals surface area contributed by atoms with Gasteiger partial charge >= 0.3 is 5.97 Å². The second-order valence-corrected chi connectivity index (χ2v) is 4.92. The highest BCUT2D eigenvalue weighted by molar-refractivity contribution is 6.00. The Balaban J connectivity index is 2.05. The van der Waals surface area contributed by atoms with Crippen LogP contribution in [0.1, 0.15) is 27.4 Å². The summed E-state index contributed by atoms with van der Waals surface area (Å²) in [6.45, 7) is 1.72. The van der Waals surface area contributed by atoms with Gasteiger partial charge in [0.2, 0.25) is 5.76 Å². The number of aromatic carboxylic acids is 1. The summed E-state index contributed by atoms with van der Waals surface area (Å²) in [4.78, 5) is 21.9. The molecule has 0 saturated heterocycles. The van der Waals surface area contributed by atoms with Gasteiger partial charge in [-0.05, 0) is 36.8 Å². The third-order valence-electron chi connectivity index (χ3n) is 3.12. The largest absolute Gasteiger partial charge is 0.486 e. The predicted octanol–water partition coefficient (Wildman–Crippen LogP) is 2.26. The number of ether oxygens (including phenoxy) is 1. The molecule has 1 aromatic heterocycles. The van der Waals surface area contributed by atoms with Crippen LogP contribution in [0.3, 0.4) is 0 Å². The van der Waals surface area contributed by atoms with E-state index in [1.807, 2.05) is 0 Å². The van der Waals surface area contributed by atoms with Gasteiger partial charge in [-0.1, -0.05) is 12.1 Å². The smallest absolute Gasteiger partial charge is 0.372 e. The summed E-state index contributed by atoms with van der Waals surface area (Å²) < 4.78 is 10.7. The Hall–Kier alpha value is -3.53. The Labute approximate surface area is 137 Å². The summed E-state index contributed by atoms with van der Waals surface area (Å²) in [6, 6.07) is 9.94. The van der Waals surface area contributed by atoms with Gasteiger partial charge in [-0.2, -0.15) is 5.26 Å².